The molecule has 3 rings (SSSR count). The topological polar surface area (TPSA) is 144 Å². The SMILES string of the molecule is C1CCC2=NCCCN2CC1.CO.NCCCN1CCCCCC1=O.O.[CH2-]I.[K+].[OH-].[V]. The second-order valence-corrected chi connectivity index (χ2v) is 6.78. The summed E-state index contributed by atoms with van der Waals surface area (Å²) in [6.45, 7) is 6.08. The molecule has 8 nitrogen and oxygen atoms in total. The molecule has 0 aromatic rings. The molecule has 1 amide bonds. The molecule has 3 aliphatic rings. The van der Waals surface area contributed by atoms with E-state index >= 15 is 0 Å². The van der Waals surface area contributed by atoms with Crippen LogP contribution in [-0.2, 0) is 23.4 Å². The van der Waals surface area contributed by atoms with Gasteiger partial charge in [0.05, 0.1) is 5.84 Å². The number of amides is 1. The van der Waals surface area contributed by atoms with E-state index in [4.69, 9.17) is 10.8 Å². The minimum absolute atomic E-state index is 0. The normalized spacial score (nSPS) is 16.9. The number of hydrogen-bond donors (Lipinski definition) is 2. The van der Waals surface area contributed by atoms with Crippen LogP contribution in [-0.4, -0.2) is 84.0 Å². The van der Waals surface area contributed by atoms with Crippen molar-refractivity contribution in [2.75, 3.05) is 46.4 Å². The number of rotatable bonds is 3. The number of aliphatic hydroxyl groups excluding tert-OH is 1. The molecule has 2 saturated heterocycles. The molecule has 181 valence electrons. The molecule has 31 heavy (non-hydrogen) atoms. The van der Waals surface area contributed by atoms with Crippen LogP contribution < -0.4 is 57.1 Å². The summed E-state index contributed by atoms with van der Waals surface area (Å²) in [6.07, 6.45) is 11.7. The van der Waals surface area contributed by atoms with Crippen molar-refractivity contribution in [3.05, 3.63) is 4.93 Å². The number of carbonyl (C=O) groups excluding carboxylic acids is 1. The minimum Gasteiger partial charge on any atom is -0.870 e. The number of fused-ring (bicyclic) bond motifs is 1. The first-order valence-electron chi connectivity index (χ1n) is 10.3. The maximum Gasteiger partial charge on any atom is 1.00 e. The van der Waals surface area contributed by atoms with Gasteiger partial charge in [0.2, 0.25) is 5.91 Å². The Morgan fingerprint density at radius 2 is 1.55 bits per heavy atom. The van der Waals surface area contributed by atoms with Crippen molar-refractivity contribution in [3.63, 3.8) is 0 Å². The molecule has 0 aromatic heterocycles. The zero-order valence-corrected chi connectivity index (χ0v) is 26.2. The van der Waals surface area contributed by atoms with E-state index in [2.05, 4.69) is 14.8 Å². The van der Waals surface area contributed by atoms with Gasteiger partial charge in [-0.05, 0) is 45.1 Å². The number of hydrogen-bond acceptors (Lipinski definition) is 6. The van der Waals surface area contributed by atoms with Crippen molar-refractivity contribution in [2.24, 2.45) is 10.7 Å². The zero-order valence-electron chi connectivity index (χ0n) is 19.6. The van der Waals surface area contributed by atoms with Crippen molar-refractivity contribution in [2.45, 2.75) is 64.2 Å². The minimum atomic E-state index is 0. The number of nitrogens with zero attached hydrogens (tertiary/aromatic N) is 3. The summed E-state index contributed by atoms with van der Waals surface area (Å²) in [6, 6.07) is 0. The van der Waals surface area contributed by atoms with Crippen molar-refractivity contribution >= 4 is 34.3 Å². The van der Waals surface area contributed by atoms with Gasteiger partial charge >= 0.3 is 51.4 Å². The first kappa shape index (κ1) is 42.9. The fourth-order valence-electron chi connectivity index (χ4n) is 3.50. The summed E-state index contributed by atoms with van der Waals surface area (Å²) in [5.41, 5.74) is 5.39. The molecule has 3 aliphatic heterocycles. The van der Waals surface area contributed by atoms with Crippen molar-refractivity contribution < 1.29 is 90.8 Å². The van der Waals surface area contributed by atoms with E-state index in [1.165, 1.54) is 57.5 Å². The molecule has 1 radical (unpaired) electrons. The van der Waals surface area contributed by atoms with Crippen LogP contribution in [0, 0.1) is 4.93 Å². The molecule has 0 atom stereocenters. The maximum absolute atomic E-state index is 11.4. The van der Waals surface area contributed by atoms with Crippen LogP contribution >= 0.6 is 22.6 Å². The van der Waals surface area contributed by atoms with E-state index in [9.17, 15) is 4.79 Å². The Labute approximate surface area is 258 Å². The molecule has 0 aliphatic carbocycles. The second-order valence-electron chi connectivity index (χ2n) is 6.78. The predicted octanol–water partition coefficient (Wildman–Crippen LogP) is -0.776. The molecule has 11 heteroatoms. The van der Waals surface area contributed by atoms with E-state index < -0.39 is 0 Å². The third-order valence-electron chi connectivity index (χ3n) is 4.88. The Hall–Kier alpha value is 1.73. The molecular formula is C20H43IKN4O4V-. The van der Waals surface area contributed by atoms with Gasteiger partial charge in [-0.1, -0.05) is 12.8 Å². The Morgan fingerprint density at radius 1 is 1.00 bits per heavy atom. The maximum atomic E-state index is 11.4. The molecule has 3 heterocycles. The number of halogens is 1. The van der Waals surface area contributed by atoms with Gasteiger partial charge in [-0.15, -0.1) is 0 Å². The van der Waals surface area contributed by atoms with Gasteiger partial charge in [0.15, 0.2) is 0 Å². The number of carbonyl (C=O) groups is 1. The fraction of sp³-hybridized carbons (Fsp3) is 0.850. The first-order valence-corrected chi connectivity index (χ1v) is 11.8. The van der Waals surface area contributed by atoms with Gasteiger partial charge in [0, 0.05) is 71.2 Å². The van der Waals surface area contributed by atoms with Gasteiger partial charge in [0.25, 0.3) is 0 Å². The number of aliphatic imine (C=N–C) groups is 1. The quantitative estimate of drug-likeness (QED) is 0.242. The van der Waals surface area contributed by atoms with Crippen LogP contribution in [0.1, 0.15) is 64.2 Å². The van der Waals surface area contributed by atoms with Gasteiger partial charge in [-0.2, -0.15) is 0 Å². The summed E-state index contributed by atoms with van der Waals surface area (Å²) in [7, 11) is 1.00. The Morgan fingerprint density at radius 3 is 2.16 bits per heavy atom. The Kier molecular flexibility index (Phi) is 43.9. The third kappa shape index (κ3) is 20.8. The average Bonchev–Trinajstić information content (AvgIpc) is 3.10. The number of nitrogens with two attached hydrogens (primary N) is 1. The molecule has 2 fully saturated rings. The van der Waals surface area contributed by atoms with E-state index in [1.54, 1.807) is 0 Å². The van der Waals surface area contributed by atoms with Crippen molar-refractivity contribution in [1.29, 1.82) is 0 Å². The largest absolute Gasteiger partial charge is 1.00 e. The second kappa shape index (κ2) is 31.7. The average molecular weight is 621 g/mol. The summed E-state index contributed by atoms with van der Waals surface area (Å²) >= 11 is 1.90. The van der Waals surface area contributed by atoms with Crippen LogP contribution in [0.2, 0.25) is 0 Å². The molecule has 0 aromatic carbocycles. The molecule has 0 bridgehead atoms. The standard InChI is InChI=1S/C9H18N2O.C9H16N2.CH2I.CH4O.K.2H2O.V/c10-6-4-8-11-7-3-1-2-5-9(11)12;1-2-5-9-10-6-4-8-11(9)7-3-1;2*1-2;;;;/h1-8,10H2;1-8H2;1H2;2H,1H3;;2*1H2;/q;;-1;;+1;;;/p-1. The Bertz CT molecular complexity index is 413. The fourth-order valence-corrected chi connectivity index (χ4v) is 3.50. The van der Waals surface area contributed by atoms with Gasteiger partial charge in [0.1, 0.15) is 0 Å². The molecule has 6 N–H and O–H groups in total. The monoisotopic (exact) mass is 620 g/mol. The van der Waals surface area contributed by atoms with Crippen molar-refractivity contribution in [1.82, 2.24) is 9.80 Å². The van der Waals surface area contributed by atoms with E-state index in [1.807, 2.05) is 27.5 Å². The number of aliphatic hydroxyl groups is 1. The smallest absolute Gasteiger partial charge is 0.870 e. The molecule has 0 unspecified atom stereocenters. The van der Waals surface area contributed by atoms with Gasteiger partial charge in [-0.25, -0.2) is 0 Å². The van der Waals surface area contributed by atoms with E-state index in [0.29, 0.717) is 12.5 Å². The molecular weight excluding hydrogens is 577 g/mol. The van der Waals surface area contributed by atoms with Gasteiger partial charge in [-0.3, -0.25) is 14.7 Å². The van der Waals surface area contributed by atoms with Crippen LogP contribution in [0.3, 0.4) is 0 Å². The van der Waals surface area contributed by atoms with Crippen LogP contribution in [0.25, 0.3) is 0 Å². The Balaban J connectivity index is -0.000000113. The summed E-state index contributed by atoms with van der Waals surface area (Å²) in [5, 5.41) is 7.00. The first-order chi connectivity index (χ1) is 13.3. The van der Waals surface area contributed by atoms with Crippen LogP contribution in [0.5, 0.6) is 0 Å². The zero-order chi connectivity index (χ0) is 20.3. The third-order valence-corrected chi connectivity index (χ3v) is 4.88. The molecule has 0 saturated carbocycles. The van der Waals surface area contributed by atoms with E-state index in [0.717, 1.165) is 52.4 Å². The predicted molar refractivity (Wildman–Crippen MR) is 129 cm³/mol. The van der Waals surface area contributed by atoms with Gasteiger partial charge < -0.3 is 54.2 Å². The number of likely N-dealkylation sites (tertiary alicyclic amines) is 1. The van der Waals surface area contributed by atoms with Crippen molar-refractivity contribution in [3.8, 4) is 0 Å². The van der Waals surface area contributed by atoms with E-state index in [-0.39, 0.29) is 80.9 Å². The summed E-state index contributed by atoms with van der Waals surface area (Å²) < 4.78 is 0. The summed E-state index contributed by atoms with van der Waals surface area (Å²) in [4.78, 5) is 23.6. The number of amidine groups is 1. The van der Waals surface area contributed by atoms with Crippen LogP contribution in [0.4, 0.5) is 0 Å². The van der Waals surface area contributed by atoms with Crippen LogP contribution in [0.15, 0.2) is 4.99 Å². The molecule has 0 spiro atoms. The summed E-state index contributed by atoms with van der Waals surface area (Å²) in [5.74, 6) is 1.72.